The number of carbonyl (C=O) groups excluding carboxylic acids is 1. The summed E-state index contributed by atoms with van der Waals surface area (Å²) < 4.78 is 21.6. The van der Waals surface area contributed by atoms with Crippen molar-refractivity contribution in [1.29, 1.82) is 0 Å². The molecule has 0 saturated carbocycles. The van der Waals surface area contributed by atoms with Crippen molar-refractivity contribution in [2.45, 2.75) is 110 Å². The summed E-state index contributed by atoms with van der Waals surface area (Å²) in [5, 5.41) is 15.5. The summed E-state index contributed by atoms with van der Waals surface area (Å²) >= 11 is 0. The molecule has 0 bridgehead atoms. The lowest BCUT2D eigenvalue weighted by Crippen LogP contribution is -2.69. The molecule has 0 radical (unpaired) electrons. The molecule has 5 rings (SSSR count). The predicted molar refractivity (Wildman–Crippen MR) is 232 cm³/mol. The summed E-state index contributed by atoms with van der Waals surface area (Å²) in [4.78, 5) is 13.0. The molecular formula is C48H60O5Si2. The van der Waals surface area contributed by atoms with Gasteiger partial charge >= 0.3 is 22.6 Å². The van der Waals surface area contributed by atoms with Crippen LogP contribution in [0.1, 0.15) is 105 Å². The average molecular weight is 773 g/mol. The Kier molecular flexibility index (Phi) is 13.7. The average Bonchev–Trinajstić information content (AvgIpc) is 3.17. The SMILES string of the molecule is CCCCCCC(OC(C)=O)c1c(O[Si](c2ccccc2)(c2ccccc2)C(C)(C)C)ccc(O[Si](c2ccccc2)(c2ccccc2)C(C)(C)C)c1CO. The van der Waals surface area contributed by atoms with Crippen LogP contribution in [0.15, 0.2) is 133 Å². The van der Waals surface area contributed by atoms with Gasteiger partial charge in [0.25, 0.3) is 0 Å². The molecule has 5 aromatic carbocycles. The van der Waals surface area contributed by atoms with Gasteiger partial charge in [-0.1, -0.05) is 189 Å². The number of rotatable bonds is 16. The van der Waals surface area contributed by atoms with Crippen LogP contribution in [-0.2, 0) is 16.1 Å². The highest BCUT2D eigenvalue weighted by molar-refractivity contribution is 7.00. The quantitative estimate of drug-likeness (QED) is 0.0615. The molecule has 0 amide bonds. The van der Waals surface area contributed by atoms with Crippen molar-refractivity contribution in [1.82, 2.24) is 0 Å². The third kappa shape index (κ3) is 8.85. The molecule has 290 valence electrons. The van der Waals surface area contributed by atoms with E-state index in [0.29, 0.717) is 29.0 Å². The molecule has 1 N–H and O–H groups in total. The molecule has 0 aliphatic heterocycles. The maximum absolute atomic E-state index is 13.0. The van der Waals surface area contributed by atoms with Gasteiger partial charge in [0.1, 0.15) is 17.6 Å². The summed E-state index contributed by atoms with van der Waals surface area (Å²) in [7, 11) is -6.25. The number of benzene rings is 5. The number of ether oxygens (including phenoxy) is 1. The summed E-state index contributed by atoms with van der Waals surface area (Å²) in [6.07, 6.45) is 3.96. The van der Waals surface area contributed by atoms with E-state index in [2.05, 4.69) is 146 Å². The van der Waals surface area contributed by atoms with E-state index in [9.17, 15) is 9.90 Å². The number of esters is 1. The van der Waals surface area contributed by atoms with Crippen LogP contribution in [0, 0.1) is 0 Å². The van der Waals surface area contributed by atoms with Gasteiger partial charge < -0.3 is 18.7 Å². The van der Waals surface area contributed by atoms with Gasteiger partial charge in [0.2, 0.25) is 0 Å². The van der Waals surface area contributed by atoms with Crippen molar-refractivity contribution < 1.29 is 23.5 Å². The van der Waals surface area contributed by atoms with Gasteiger partial charge in [-0.3, -0.25) is 4.79 Å². The minimum Gasteiger partial charge on any atom is -0.534 e. The lowest BCUT2D eigenvalue weighted by atomic mass is 9.96. The Hall–Kier alpha value is -4.44. The number of carbonyl (C=O) groups is 1. The highest BCUT2D eigenvalue weighted by Gasteiger charge is 2.54. The topological polar surface area (TPSA) is 65.0 Å². The van der Waals surface area contributed by atoms with Crippen molar-refractivity contribution in [3.8, 4) is 11.5 Å². The second-order valence-corrected chi connectivity index (χ2v) is 25.0. The second-order valence-electron chi connectivity index (χ2n) is 16.6. The fraction of sp³-hybridized carbons (Fsp3) is 0.354. The van der Waals surface area contributed by atoms with Gasteiger partial charge in [0, 0.05) is 18.1 Å². The molecule has 0 heterocycles. The molecule has 0 spiro atoms. The van der Waals surface area contributed by atoms with E-state index in [1.807, 2.05) is 36.4 Å². The third-order valence-corrected chi connectivity index (χ3v) is 20.6. The Morgan fingerprint density at radius 3 is 1.31 bits per heavy atom. The van der Waals surface area contributed by atoms with E-state index in [1.165, 1.54) is 6.92 Å². The van der Waals surface area contributed by atoms with Crippen LogP contribution < -0.4 is 29.6 Å². The van der Waals surface area contributed by atoms with Crippen molar-refractivity contribution in [2.75, 3.05) is 0 Å². The Labute approximate surface area is 332 Å². The van der Waals surface area contributed by atoms with E-state index in [-0.39, 0.29) is 22.7 Å². The van der Waals surface area contributed by atoms with Gasteiger partial charge in [0.05, 0.1) is 6.61 Å². The van der Waals surface area contributed by atoms with Crippen molar-refractivity contribution in [2.24, 2.45) is 0 Å². The molecular weight excluding hydrogens is 713 g/mol. The Morgan fingerprint density at radius 1 is 0.582 bits per heavy atom. The van der Waals surface area contributed by atoms with Gasteiger partial charge in [-0.25, -0.2) is 0 Å². The maximum atomic E-state index is 13.0. The Morgan fingerprint density at radius 2 is 0.964 bits per heavy atom. The Bertz CT molecular complexity index is 1870. The zero-order valence-corrected chi connectivity index (χ0v) is 36.1. The molecule has 0 saturated heterocycles. The normalized spacial score (nSPS) is 12.9. The van der Waals surface area contributed by atoms with Crippen LogP contribution in [-0.4, -0.2) is 27.7 Å². The molecule has 1 unspecified atom stereocenters. The third-order valence-electron chi connectivity index (χ3n) is 10.7. The minimum absolute atomic E-state index is 0.317. The number of aliphatic hydroxyl groups excluding tert-OH is 1. The first-order chi connectivity index (χ1) is 26.3. The Balaban J connectivity index is 1.84. The van der Waals surface area contributed by atoms with Gasteiger partial charge in [0.15, 0.2) is 0 Å². The van der Waals surface area contributed by atoms with E-state index in [0.717, 1.165) is 46.4 Å². The number of unbranched alkanes of at least 4 members (excludes halogenated alkanes) is 3. The van der Waals surface area contributed by atoms with Crippen molar-refractivity contribution >= 4 is 43.4 Å². The lowest BCUT2D eigenvalue weighted by Gasteiger charge is -2.45. The van der Waals surface area contributed by atoms with Gasteiger partial charge in [-0.05, 0) is 55.8 Å². The number of hydrogen-bond donors (Lipinski definition) is 1. The monoisotopic (exact) mass is 772 g/mol. The first-order valence-corrected chi connectivity index (χ1v) is 23.7. The fourth-order valence-corrected chi connectivity index (χ4v) is 17.1. The molecule has 0 aromatic heterocycles. The maximum Gasteiger partial charge on any atom is 0.319 e. The summed E-state index contributed by atoms with van der Waals surface area (Å²) in [5.41, 5.74) is 1.27. The smallest absolute Gasteiger partial charge is 0.319 e. The summed E-state index contributed by atoms with van der Waals surface area (Å²) in [5.74, 6) is 0.807. The first kappa shape index (κ1) is 41.7. The molecule has 0 aliphatic rings. The summed E-state index contributed by atoms with van der Waals surface area (Å²) in [6.45, 7) is 16.8. The van der Waals surface area contributed by atoms with E-state index in [1.54, 1.807) is 0 Å². The van der Waals surface area contributed by atoms with E-state index >= 15 is 0 Å². The molecule has 7 heteroatoms. The zero-order chi connectivity index (χ0) is 39.7. The largest absolute Gasteiger partial charge is 0.534 e. The first-order valence-electron chi connectivity index (χ1n) is 19.8. The van der Waals surface area contributed by atoms with Crippen molar-refractivity contribution in [3.63, 3.8) is 0 Å². The van der Waals surface area contributed by atoms with Gasteiger partial charge in [-0.15, -0.1) is 0 Å². The molecule has 0 fully saturated rings. The zero-order valence-electron chi connectivity index (χ0n) is 34.1. The fourth-order valence-electron chi connectivity index (χ4n) is 8.17. The van der Waals surface area contributed by atoms with Gasteiger partial charge in [-0.2, -0.15) is 0 Å². The standard InChI is InChI=1S/C48H60O5Si2/c1-9-10-11-24-33-44(51-37(2)50)46-42(36-49)43(52-54(47(3,4)5,38-25-16-12-17-26-38)39-27-18-13-19-28-39)34-35-45(46)53-55(48(6,7)8,40-29-20-14-21-30-40)41-31-22-15-23-32-41/h12-23,25-32,34-35,44,49H,9-11,24,33,36H2,1-8H3. The number of hydrogen-bond acceptors (Lipinski definition) is 5. The van der Waals surface area contributed by atoms with Crippen molar-refractivity contribution in [3.05, 3.63) is 145 Å². The summed E-state index contributed by atoms with van der Waals surface area (Å²) in [6, 6.07) is 46.1. The van der Waals surface area contributed by atoms with Crippen LogP contribution in [0.2, 0.25) is 10.1 Å². The van der Waals surface area contributed by atoms with Crippen LogP contribution in [0.5, 0.6) is 11.5 Å². The molecule has 55 heavy (non-hydrogen) atoms. The van der Waals surface area contributed by atoms with Crippen LogP contribution in [0.4, 0.5) is 0 Å². The molecule has 5 nitrogen and oxygen atoms in total. The second kappa shape index (κ2) is 18.0. The minimum atomic E-state index is -3.14. The molecule has 5 aromatic rings. The number of aliphatic hydroxyl groups is 1. The lowest BCUT2D eigenvalue weighted by molar-refractivity contribution is -0.147. The van der Waals surface area contributed by atoms with E-state index in [4.69, 9.17) is 13.6 Å². The molecule has 0 aliphatic carbocycles. The highest BCUT2D eigenvalue weighted by atomic mass is 28.4. The van der Waals surface area contributed by atoms with Crippen LogP contribution >= 0.6 is 0 Å². The highest BCUT2D eigenvalue weighted by Crippen LogP contribution is 2.46. The van der Waals surface area contributed by atoms with Crippen LogP contribution in [0.25, 0.3) is 0 Å². The molecule has 1 atom stereocenters. The van der Waals surface area contributed by atoms with Crippen LogP contribution in [0.3, 0.4) is 0 Å². The van der Waals surface area contributed by atoms with E-state index < -0.39 is 22.7 Å². The predicted octanol–water partition coefficient (Wildman–Crippen LogP) is 9.63.